The average molecular weight is 253 g/mol. The topological polar surface area (TPSA) is 12.4 Å². The Hall–Kier alpha value is -2.27. The molecule has 0 saturated carbocycles. The lowest BCUT2D eigenvalue weighted by molar-refractivity contribution is 0.629. The molecule has 0 unspecified atom stereocenters. The summed E-state index contributed by atoms with van der Waals surface area (Å²) in [6, 6.07) is 14.1. The normalized spacial score (nSPS) is 8.94. The van der Waals surface area contributed by atoms with Crippen molar-refractivity contribution in [3.8, 4) is 11.8 Å². The average Bonchev–Trinajstić information content (AvgIpc) is 2.41. The maximum atomic E-state index is 13.5. The molecule has 0 aromatic heterocycles. The number of benzene rings is 2. The molecule has 0 fully saturated rings. The van der Waals surface area contributed by atoms with E-state index in [4.69, 9.17) is 0 Å². The molecule has 0 amide bonds. The van der Waals surface area contributed by atoms with Crippen LogP contribution in [-0.2, 0) is 0 Å². The summed E-state index contributed by atoms with van der Waals surface area (Å²) in [4.78, 5) is 3.61. The van der Waals surface area contributed by atoms with Crippen LogP contribution in [0.4, 0.5) is 10.1 Å². The summed E-state index contributed by atoms with van der Waals surface area (Å²) >= 11 is 4.43. The van der Waals surface area contributed by atoms with Gasteiger partial charge in [0, 0.05) is 11.1 Å². The Morgan fingerprint density at radius 3 is 2.33 bits per heavy atom. The standard InChI is InChI=1S/C15H8FNS/c16-14-10-13(8-9-15(14)17-11-18)7-6-12-4-2-1-3-5-12/h1-5,8-10H. The van der Waals surface area contributed by atoms with Crippen molar-refractivity contribution in [2.24, 2.45) is 4.99 Å². The monoisotopic (exact) mass is 253 g/mol. The number of halogens is 1. The first-order valence-electron chi connectivity index (χ1n) is 5.24. The Balaban J connectivity index is 2.29. The van der Waals surface area contributed by atoms with Crippen LogP contribution >= 0.6 is 12.2 Å². The van der Waals surface area contributed by atoms with Crippen molar-refractivity contribution >= 4 is 23.1 Å². The largest absolute Gasteiger partial charge is 0.205 e. The molecule has 3 heteroatoms. The highest BCUT2D eigenvalue weighted by atomic mass is 32.1. The number of nitrogens with zero attached hydrogens (tertiary/aromatic N) is 1. The van der Waals surface area contributed by atoms with Gasteiger partial charge in [-0.3, -0.25) is 0 Å². The Morgan fingerprint density at radius 2 is 1.67 bits per heavy atom. The predicted molar refractivity (Wildman–Crippen MR) is 73.5 cm³/mol. The van der Waals surface area contributed by atoms with Gasteiger partial charge in [-0.25, -0.2) is 4.39 Å². The van der Waals surface area contributed by atoms with Gasteiger partial charge < -0.3 is 0 Å². The van der Waals surface area contributed by atoms with E-state index in [9.17, 15) is 4.39 Å². The number of aliphatic imine (C=N–C) groups is 1. The molecule has 0 atom stereocenters. The zero-order chi connectivity index (χ0) is 12.8. The molecule has 0 aliphatic rings. The maximum absolute atomic E-state index is 13.5. The number of hydrogen-bond donors (Lipinski definition) is 0. The second-order valence-electron chi connectivity index (χ2n) is 3.49. The second kappa shape index (κ2) is 5.88. The summed E-state index contributed by atoms with van der Waals surface area (Å²) in [5.74, 6) is 5.40. The van der Waals surface area contributed by atoms with E-state index in [-0.39, 0.29) is 5.69 Å². The smallest absolute Gasteiger partial charge is 0.150 e. The minimum absolute atomic E-state index is 0.176. The third-order valence-electron chi connectivity index (χ3n) is 2.24. The number of thiocarbonyl (C=S) groups is 1. The van der Waals surface area contributed by atoms with Crippen molar-refractivity contribution in [3.63, 3.8) is 0 Å². The van der Waals surface area contributed by atoms with Crippen LogP contribution in [0.25, 0.3) is 0 Å². The fraction of sp³-hybridized carbons (Fsp3) is 0. The number of hydrogen-bond acceptors (Lipinski definition) is 2. The van der Waals surface area contributed by atoms with E-state index >= 15 is 0 Å². The van der Waals surface area contributed by atoms with Crippen LogP contribution in [0.5, 0.6) is 0 Å². The van der Waals surface area contributed by atoms with E-state index < -0.39 is 5.82 Å². The number of rotatable bonds is 1. The van der Waals surface area contributed by atoms with Crippen LogP contribution in [0, 0.1) is 17.7 Å². The van der Waals surface area contributed by atoms with Crippen LogP contribution in [0.15, 0.2) is 53.5 Å². The molecule has 0 heterocycles. The zero-order valence-electron chi connectivity index (χ0n) is 9.35. The molecule has 1 nitrogen and oxygen atoms in total. The molecule has 0 aliphatic carbocycles. The van der Waals surface area contributed by atoms with E-state index in [0.717, 1.165) is 5.56 Å². The van der Waals surface area contributed by atoms with E-state index in [2.05, 4.69) is 34.2 Å². The molecule has 86 valence electrons. The summed E-state index contributed by atoms with van der Waals surface area (Å²) in [6.07, 6.45) is 0. The Bertz CT molecular complexity index is 662. The van der Waals surface area contributed by atoms with Gasteiger partial charge in [0.05, 0.1) is 5.16 Å². The highest BCUT2D eigenvalue weighted by Gasteiger charge is 2.00. The zero-order valence-corrected chi connectivity index (χ0v) is 10.2. The van der Waals surface area contributed by atoms with Crippen LogP contribution in [0.2, 0.25) is 0 Å². The highest BCUT2D eigenvalue weighted by molar-refractivity contribution is 7.78. The summed E-state index contributed by atoms with van der Waals surface area (Å²) in [5, 5.41) is 2.13. The molecule has 2 aromatic rings. The lowest BCUT2D eigenvalue weighted by Gasteiger charge is -1.95. The Labute approximate surface area is 110 Å². The van der Waals surface area contributed by atoms with Crippen molar-refractivity contribution in [3.05, 3.63) is 65.5 Å². The second-order valence-corrected chi connectivity index (χ2v) is 3.67. The molecular formula is C15H8FNS. The van der Waals surface area contributed by atoms with Gasteiger partial charge in [-0.15, -0.1) is 0 Å². The summed E-state index contributed by atoms with van der Waals surface area (Å²) in [6.45, 7) is 0. The maximum Gasteiger partial charge on any atom is 0.150 e. The molecule has 0 bridgehead atoms. The van der Waals surface area contributed by atoms with Gasteiger partial charge in [-0.05, 0) is 42.5 Å². The van der Waals surface area contributed by atoms with Gasteiger partial charge in [-0.2, -0.15) is 4.99 Å². The van der Waals surface area contributed by atoms with E-state index in [1.807, 2.05) is 30.3 Å². The lowest BCUT2D eigenvalue weighted by Crippen LogP contribution is -1.80. The molecule has 0 saturated heterocycles. The van der Waals surface area contributed by atoms with Crippen LogP contribution < -0.4 is 0 Å². The fourth-order valence-electron chi connectivity index (χ4n) is 1.39. The first kappa shape index (κ1) is 12.2. The van der Waals surface area contributed by atoms with Gasteiger partial charge in [0.15, 0.2) is 5.82 Å². The van der Waals surface area contributed by atoms with Gasteiger partial charge >= 0.3 is 0 Å². The molecule has 2 aromatic carbocycles. The van der Waals surface area contributed by atoms with Gasteiger partial charge in [-0.1, -0.05) is 30.0 Å². The number of isothiocyanates is 1. The lowest BCUT2D eigenvalue weighted by atomic mass is 10.1. The van der Waals surface area contributed by atoms with Crippen molar-refractivity contribution in [1.82, 2.24) is 0 Å². The van der Waals surface area contributed by atoms with Crippen molar-refractivity contribution in [2.75, 3.05) is 0 Å². The SMILES string of the molecule is Fc1cc(C#Cc2ccccc2)ccc1N=C=S. The molecule has 0 radical (unpaired) electrons. The fourth-order valence-corrected chi connectivity index (χ4v) is 1.49. The van der Waals surface area contributed by atoms with Crippen LogP contribution in [0.1, 0.15) is 11.1 Å². The minimum atomic E-state index is -0.452. The Kier molecular flexibility index (Phi) is 3.98. The van der Waals surface area contributed by atoms with Crippen molar-refractivity contribution in [2.45, 2.75) is 0 Å². The van der Waals surface area contributed by atoms with Gasteiger partial charge in [0.25, 0.3) is 0 Å². The summed E-state index contributed by atoms with van der Waals surface area (Å²) in [7, 11) is 0. The Morgan fingerprint density at radius 1 is 0.944 bits per heavy atom. The molecule has 2 rings (SSSR count). The van der Waals surface area contributed by atoms with Crippen molar-refractivity contribution < 1.29 is 4.39 Å². The molecule has 0 aliphatic heterocycles. The summed E-state index contributed by atoms with van der Waals surface area (Å²) in [5.41, 5.74) is 1.66. The predicted octanol–water partition coefficient (Wildman–Crippen LogP) is 3.96. The van der Waals surface area contributed by atoms with Gasteiger partial charge in [0.2, 0.25) is 0 Å². The molecule has 0 N–H and O–H groups in total. The third-order valence-corrected chi connectivity index (χ3v) is 2.33. The highest BCUT2D eigenvalue weighted by Crippen LogP contribution is 2.17. The first-order valence-corrected chi connectivity index (χ1v) is 5.65. The van der Waals surface area contributed by atoms with Crippen LogP contribution in [0.3, 0.4) is 0 Å². The van der Waals surface area contributed by atoms with E-state index in [0.29, 0.717) is 5.56 Å². The molecule has 18 heavy (non-hydrogen) atoms. The third kappa shape index (κ3) is 3.11. The van der Waals surface area contributed by atoms with Crippen LogP contribution in [-0.4, -0.2) is 5.16 Å². The van der Waals surface area contributed by atoms with Gasteiger partial charge in [0.1, 0.15) is 5.69 Å². The quantitative estimate of drug-likeness (QED) is 0.425. The first-order chi connectivity index (χ1) is 8.79. The van der Waals surface area contributed by atoms with E-state index in [1.54, 1.807) is 6.07 Å². The van der Waals surface area contributed by atoms with E-state index in [1.165, 1.54) is 12.1 Å². The molecule has 0 spiro atoms. The van der Waals surface area contributed by atoms with Crippen molar-refractivity contribution in [1.29, 1.82) is 0 Å². The minimum Gasteiger partial charge on any atom is -0.205 e. The molecular weight excluding hydrogens is 245 g/mol. The summed E-state index contributed by atoms with van der Waals surface area (Å²) < 4.78 is 13.5.